The zero-order valence-electron chi connectivity index (χ0n) is 7.97. The highest BCUT2D eigenvalue weighted by Crippen LogP contribution is 2.37. The minimum absolute atomic E-state index is 0.203. The molecule has 0 aromatic carbocycles. The Labute approximate surface area is 94.2 Å². The van der Waals surface area contributed by atoms with E-state index < -0.39 is 17.9 Å². The molecule has 0 amide bonds. The van der Waals surface area contributed by atoms with Gasteiger partial charge in [0.05, 0.1) is 6.61 Å². The van der Waals surface area contributed by atoms with Crippen molar-refractivity contribution < 1.29 is 22.3 Å². The van der Waals surface area contributed by atoms with E-state index in [1.165, 1.54) is 24.5 Å². The summed E-state index contributed by atoms with van der Waals surface area (Å²) in [5, 5.41) is -4.61. The van der Waals surface area contributed by atoms with E-state index >= 15 is 0 Å². The average molecular weight is 258 g/mol. The topological polar surface area (TPSA) is 22.1 Å². The number of ether oxygens (including phenoxy) is 1. The van der Waals surface area contributed by atoms with Crippen LogP contribution in [0, 0.1) is 0 Å². The van der Waals surface area contributed by atoms with E-state index in [9.17, 15) is 17.6 Å². The summed E-state index contributed by atoms with van der Waals surface area (Å²) in [6.07, 6.45) is 2.87. The number of halogens is 5. The van der Waals surface area contributed by atoms with Gasteiger partial charge in [-0.3, -0.25) is 4.98 Å². The molecule has 2 nitrogen and oxygen atoms in total. The molecule has 0 bridgehead atoms. The highest BCUT2D eigenvalue weighted by atomic mass is 35.5. The van der Waals surface area contributed by atoms with Gasteiger partial charge in [-0.05, 0) is 29.3 Å². The van der Waals surface area contributed by atoms with Crippen LogP contribution >= 0.6 is 11.6 Å². The van der Waals surface area contributed by atoms with Crippen LogP contribution in [0.25, 0.3) is 0 Å². The molecule has 1 aromatic heterocycles. The predicted molar refractivity (Wildman–Crippen MR) is 49.6 cm³/mol. The fourth-order valence-corrected chi connectivity index (χ4v) is 0.912. The van der Waals surface area contributed by atoms with Crippen molar-refractivity contribution in [3.8, 4) is 0 Å². The Morgan fingerprint density at radius 1 is 1.19 bits per heavy atom. The van der Waals surface area contributed by atoms with E-state index in [0.29, 0.717) is 5.56 Å². The largest absolute Gasteiger partial charge is 0.386 e. The number of hydrogen-bond acceptors (Lipinski definition) is 2. The molecule has 0 unspecified atom stereocenters. The minimum atomic E-state index is -4.61. The molecule has 0 saturated carbocycles. The van der Waals surface area contributed by atoms with Gasteiger partial charge in [-0.2, -0.15) is 17.6 Å². The summed E-state index contributed by atoms with van der Waals surface area (Å²) in [7, 11) is 0. The van der Waals surface area contributed by atoms with Crippen LogP contribution in [0.15, 0.2) is 24.5 Å². The van der Waals surface area contributed by atoms with Crippen molar-refractivity contribution in [2.45, 2.75) is 17.9 Å². The van der Waals surface area contributed by atoms with Gasteiger partial charge in [0.25, 0.3) is 0 Å². The van der Waals surface area contributed by atoms with Gasteiger partial charge in [-0.25, -0.2) is 0 Å². The van der Waals surface area contributed by atoms with Gasteiger partial charge >= 0.3 is 11.3 Å². The van der Waals surface area contributed by atoms with Gasteiger partial charge in [0.1, 0.15) is 6.61 Å². The van der Waals surface area contributed by atoms with Gasteiger partial charge in [0.15, 0.2) is 0 Å². The van der Waals surface area contributed by atoms with Gasteiger partial charge in [-0.15, -0.1) is 0 Å². The van der Waals surface area contributed by atoms with Crippen molar-refractivity contribution in [2.75, 3.05) is 6.61 Å². The quantitative estimate of drug-likeness (QED) is 0.597. The van der Waals surface area contributed by atoms with Crippen LogP contribution in [-0.2, 0) is 11.3 Å². The van der Waals surface area contributed by atoms with E-state index in [1.54, 1.807) is 0 Å². The Balaban J connectivity index is 2.42. The first-order chi connectivity index (χ1) is 7.33. The Hall–Kier alpha value is -0.880. The van der Waals surface area contributed by atoms with E-state index in [4.69, 9.17) is 0 Å². The summed E-state index contributed by atoms with van der Waals surface area (Å²) in [6, 6.07) is 3.05. The Morgan fingerprint density at radius 3 is 2.25 bits per heavy atom. The number of rotatable bonds is 5. The first-order valence-electron chi connectivity index (χ1n) is 4.24. The van der Waals surface area contributed by atoms with Crippen LogP contribution in [-0.4, -0.2) is 22.9 Å². The Bertz CT molecular complexity index is 328. The smallest absolute Gasteiger partial charge is 0.370 e. The average Bonchev–Trinajstić information content (AvgIpc) is 2.17. The fourth-order valence-electron chi connectivity index (χ4n) is 0.858. The van der Waals surface area contributed by atoms with Crippen LogP contribution in [0.5, 0.6) is 0 Å². The third kappa shape index (κ3) is 3.61. The Kier molecular flexibility index (Phi) is 4.09. The second-order valence-corrected chi connectivity index (χ2v) is 3.53. The lowest BCUT2D eigenvalue weighted by atomic mass is 10.3. The van der Waals surface area contributed by atoms with Crippen molar-refractivity contribution in [3.05, 3.63) is 30.1 Å². The standard InChI is InChI=1S/C9H8ClF4NO/c10-9(13,14)8(11,12)6-16-5-7-1-3-15-4-2-7/h1-4H,5-6H2. The molecule has 0 radical (unpaired) electrons. The summed E-state index contributed by atoms with van der Waals surface area (Å²) < 4.78 is 54.0. The van der Waals surface area contributed by atoms with Crippen LogP contribution in [0.3, 0.4) is 0 Å². The molecule has 0 atom stereocenters. The predicted octanol–water partition coefficient (Wildman–Crippen LogP) is 3.07. The zero-order valence-corrected chi connectivity index (χ0v) is 8.72. The van der Waals surface area contributed by atoms with Crippen LogP contribution in [0.1, 0.15) is 5.56 Å². The van der Waals surface area contributed by atoms with Crippen molar-refractivity contribution in [1.82, 2.24) is 4.98 Å². The molecule has 0 saturated heterocycles. The first-order valence-corrected chi connectivity index (χ1v) is 4.62. The number of alkyl halides is 5. The number of pyridine rings is 1. The second-order valence-electron chi connectivity index (χ2n) is 3.05. The number of hydrogen-bond donors (Lipinski definition) is 0. The summed E-state index contributed by atoms with van der Waals surface area (Å²) >= 11 is 4.23. The maximum Gasteiger partial charge on any atom is 0.386 e. The van der Waals surface area contributed by atoms with E-state index in [2.05, 4.69) is 21.3 Å². The summed E-state index contributed by atoms with van der Waals surface area (Å²) in [5.74, 6) is -4.39. The normalized spacial score (nSPS) is 12.8. The molecule has 0 N–H and O–H groups in total. The molecule has 0 fully saturated rings. The first kappa shape index (κ1) is 13.2. The Morgan fingerprint density at radius 2 is 1.75 bits per heavy atom. The van der Waals surface area contributed by atoms with Crippen LogP contribution in [0.2, 0.25) is 0 Å². The lowest BCUT2D eigenvalue weighted by Gasteiger charge is -2.20. The van der Waals surface area contributed by atoms with Gasteiger partial charge in [0, 0.05) is 12.4 Å². The molecule has 0 aliphatic carbocycles. The molecule has 90 valence electrons. The molecule has 1 heterocycles. The highest BCUT2D eigenvalue weighted by molar-refractivity contribution is 6.22. The second kappa shape index (κ2) is 4.97. The van der Waals surface area contributed by atoms with E-state index in [0.717, 1.165) is 0 Å². The molecule has 16 heavy (non-hydrogen) atoms. The highest BCUT2D eigenvalue weighted by Gasteiger charge is 2.55. The summed E-state index contributed by atoms with van der Waals surface area (Å²) in [4.78, 5) is 3.70. The molecular weight excluding hydrogens is 250 g/mol. The van der Waals surface area contributed by atoms with Crippen LogP contribution < -0.4 is 0 Å². The number of nitrogens with zero attached hydrogens (tertiary/aromatic N) is 1. The molecule has 1 aromatic rings. The SMILES string of the molecule is FC(F)(Cl)C(F)(F)COCc1ccncc1. The minimum Gasteiger partial charge on any atom is -0.370 e. The van der Waals surface area contributed by atoms with Crippen molar-refractivity contribution in [2.24, 2.45) is 0 Å². The molecule has 0 aliphatic heterocycles. The molecular formula is C9H8ClF4NO. The molecule has 7 heteroatoms. The van der Waals surface area contributed by atoms with Gasteiger partial charge < -0.3 is 4.74 Å². The maximum atomic E-state index is 12.6. The van der Waals surface area contributed by atoms with Crippen LogP contribution in [0.4, 0.5) is 17.6 Å². The van der Waals surface area contributed by atoms with Gasteiger partial charge in [-0.1, -0.05) is 0 Å². The van der Waals surface area contributed by atoms with E-state index in [1.807, 2.05) is 0 Å². The van der Waals surface area contributed by atoms with Crippen molar-refractivity contribution in [1.29, 1.82) is 0 Å². The van der Waals surface area contributed by atoms with E-state index in [-0.39, 0.29) is 6.61 Å². The third-order valence-electron chi connectivity index (χ3n) is 1.72. The zero-order chi connectivity index (χ0) is 12.2. The van der Waals surface area contributed by atoms with Crippen molar-refractivity contribution >= 4 is 11.6 Å². The third-order valence-corrected chi connectivity index (χ3v) is 1.99. The summed E-state index contributed by atoms with van der Waals surface area (Å²) in [5.41, 5.74) is 0.559. The number of aromatic nitrogens is 1. The summed E-state index contributed by atoms with van der Waals surface area (Å²) in [6.45, 7) is -1.64. The van der Waals surface area contributed by atoms with Crippen molar-refractivity contribution in [3.63, 3.8) is 0 Å². The molecule has 0 aliphatic rings. The molecule has 0 spiro atoms. The monoisotopic (exact) mass is 257 g/mol. The van der Waals surface area contributed by atoms with Gasteiger partial charge in [0.2, 0.25) is 0 Å². The fraction of sp³-hybridized carbons (Fsp3) is 0.444. The lowest BCUT2D eigenvalue weighted by Crippen LogP contribution is -2.39. The maximum absolute atomic E-state index is 12.6. The lowest BCUT2D eigenvalue weighted by molar-refractivity contribution is -0.191. The molecule has 1 rings (SSSR count).